The fourth-order valence-corrected chi connectivity index (χ4v) is 2.23. The molecule has 2 nitrogen and oxygen atoms in total. The van der Waals surface area contributed by atoms with E-state index >= 15 is 0 Å². The lowest BCUT2D eigenvalue weighted by atomic mass is 10.2. The molecular weight excluding hydrogens is 302 g/mol. The van der Waals surface area contributed by atoms with Gasteiger partial charge in [-0.15, -0.1) is 0 Å². The number of benzene rings is 2. The highest BCUT2D eigenvalue weighted by Gasteiger charge is 2.01. The minimum Gasteiger partial charge on any atom is -0.492 e. The van der Waals surface area contributed by atoms with Crippen LogP contribution in [0.15, 0.2) is 59.1 Å². The molecule has 0 radical (unpaired) electrons. The summed E-state index contributed by atoms with van der Waals surface area (Å²) in [5.41, 5.74) is 1.33. The lowest BCUT2D eigenvalue weighted by Crippen LogP contribution is -2.23. The first-order chi connectivity index (χ1) is 9.24. The Labute approximate surface area is 123 Å². The maximum absolute atomic E-state index is 5.72. The van der Waals surface area contributed by atoms with Crippen molar-refractivity contribution in [2.45, 2.75) is 6.54 Å². The molecule has 0 spiro atoms. The van der Waals surface area contributed by atoms with Gasteiger partial charge < -0.3 is 4.74 Å². The van der Waals surface area contributed by atoms with Crippen molar-refractivity contribution in [1.82, 2.24) is 4.90 Å². The van der Waals surface area contributed by atoms with Gasteiger partial charge in [-0.3, -0.25) is 4.90 Å². The molecule has 100 valence electrons. The largest absolute Gasteiger partial charge is 0.492 e. The van der Waals surface area contributed by atoms with Gasteiger partial charge in [0.05, 0.1) is 0 Å². The summed E-state index contributed by atoms with van der Waals surface area (Å²) in [6.07, 6.45) is 0. The number of likely N-dealkylation sites (N-methyl/N-ethyl adjacent to an activating group) is 1. The second kappa shape index (κ2) is 7.31. The molecule has 0 atom stereocenters. The van der Waals surface area contributed by atoms with Crippen LogP contribution in [0.4, 0.5) is 0 Å². The molecule has 0 unspecified atom stereocenters. The van der Waals surface area contributed by atoms with Gasteiger partial charge in [0.2, 0.25) is 0 Å². The minimum atomic E-state index is 0.694. The normalized spacial score (nSPS) is 10.7. The van der Waals surface area contributed by atoms with E-state index < -0.39 is 0 Å². The van der Waals surface area contributed by atoms with Crippen LogP contribution in [0.5, 0.6) is 5.75 Å². The average molecular weight is 320 g/mol. The lowest BCUT2D eigenvalue weighted by Gasteiger charge is -2.17. The molecule has 0 N–H and O–H groups in total. The van der Waals surface area contributed by atoms with Gasteiger partial charge >= 0.3 is 0 Å². The maximum atomic E-state index is 5.72. The molecule has 0 aliphatic heterocycles. The van der Waals surface area contributed by atoms with Crippen LogP contribution in [-0.4, -0.2) is 25.1 Å². The third-order valence-electron chi connectivity index (χ3n) is 2.83. The Morgan fingerprint density at radius 2 is 1.84 bits per heavy atom. The number of rotatable bonds is 6. The van der Waals surface area contributed by atoms with Gasteiger partial charge in [0.1, 0.15) is 12.4 Å². The van der Waals surface area contributed by atoms with Crippen molar-refractivity contribution in [2.75, 3.05) is 20.2 Å². The molecule has 19 heavy (non-hydrogen) atoms. The summed E-state index contributed by atoms with van der Waals surface area (Å²) in [4.78, 5) is 2.26. The zero-order valence-electron chi connectivity index (χ0n) is 11.1. The number of hydrogen-bond donors (Lipinski definition) is 0. The molecule has 0 saturated carbocycles. The highest BCUT2D eigenvalue weighted by molar-refractivity contribution is 9.10. The molecule has 0 heterocycles. The van der Waals surface area contributed by atoms with Crippen molar-refractivity contribution in [3.8, 4) is 5.75 Å². The molecule has 3 heteroatoms. The summed E-state index contributed by atoms with van der Waals surface area (Å²) in [6, 6.07) is 18.4. The molecule has 0 aromatic heterocycles. The zero-order chi connectivity index (χ0) is 13.5. The molecule has 2 aromatic rings. The first kappa shape index (κ1) is 14.1. The smallest absolute Gasteiger partial charge is 0.120 e. The van der Waals surface area contributed by atoms with Crippen molar-refractivity contribution >= 4 is 15.9 Å². The first-order valence-corrected chi connectivity index (χ1v) is 7.14. The molecule has 0 aliphatic carbocycles. The van der Waals surface area contributed by atoms with Crippen LogP contribution in [0.2, 0.25) is 0 Å². The molecule has 0 bridgehead atoms. The highest BCUT2D eigenvalue weighted by atomic mass is 79.9. The van der Waals surface area contributed by atoms with Crippen LogP contribution in [0.25, 0.3) is 0 Å². The predicted molar refractivity (Wildman–Crippen MR) is 82.4 cm³/mol. The minimum absolute atomic E-state index is 0.694. The second-order valence-corrected chi connectivity index (χ2v) is 5.44. The molecule has 2 rings (SSSR count). The van der Waals surface area contributed by atoms with E-state index in [-0.39, 0.29) is 0 Å². The average Bonchev–Trinajstić information content (AvgIpc) is 2.40. The van der Waals surface area contributed by atoms with Crippen molar-refractivity contribution < 1.29 is 4.74 Å². The standard InChI is InChI=1S/C16H18BrNO/c1-18(13-14-6-3-2-4-7-14)10-11-19-16-9-5-8-15(17)12-16/h2-9,12H,10-11,13H2,1H3. The summed E-state index contributed by atoms with van der Waals surface area (Å²) in [5.74, 6) is 0.905. The Hall–Kier alpha value is -1.32. The van der Waals surface area contributed by atoms with Crippen molar-refractivity contribution in [3.63, 3.8) is 0 Å². The Bertz CT molecular complexity index is 501. The number of hydrogen-bond acceptors (Lipinski definition) is 2. The van der Waals surface area contributed by atoms with Crippen LogP contribution >= 0.6 is 15.9 Å². The van der Waals surface area contributed by atoms with Crippen LogP contribution in [0.3, 0.4) is 0 Å². The van der Waals surface area contributed by atoms with E-state index in [1.54, 1.807) is 0 Å². The Balaban J connectivity index is 1.73. The van der Waals surface area contributed by atoms with Gasteiger partial charge in [0.25, 0.3) is 0 Å². The third-order valence-corrected chi connectivity index (χ3v) is 3.33. The topological polar surface area (TPSA) is 12.5 Å². The first-order valence-electron chi connectivity index (χ1n) is 6.35. The molecule has 0 amide bonds. The monoisotopic (exact) mass is 319 g/mol. The summed E-state index contributed by atoms with van der Waals surface area (Å²) in [7, 11) is 2.11. The Morgan fingerprint density at radius 1 is 1.05 bits per heavy atom. The summed E-state index contributed by atoms with van der Waals surface area (Å²) in [5, 5.41) is 0. The highest BCUT2D eigenvalue weighted by Crippen LogP contribution is 2.17. The fourth-order valence-electron chi connectivity index (χ4n) is 1.85. The maximum Gasteiger partial charge on any atom is 0.120 e. The quantitative estimate of drug-likeness (QED) is 0.799. The number of halogens is 1. The molecule has 0 saturated heterocycles. The summed E-state index contributed by atoms with van der Waals surface area (Å²) in [6.45, 7) is 2.55. The molecular formula is C16H18BrNO. The van der Waals surface area contributed by atoms with Gasteiger partial charge in [-0.05, 0) is 30.8 Å². The lowest BCUT2D eigenvalue weighted by molar-refractivity contribution is 0.233. The summed E-state index contributed by atoms with van der Waals surface area (Å²) >= 11 is 3.44. The van der Waals surface area contributed by atoms with E-state index in [4.69, 9.17) is 4.74 Å². The number of ether oxygens (including phenoxy) is 1. The number of nitrogens with zero attached hydrogens (tertiary/aromatic N) is 1. The molecule has 0 aliphatic rings. The Kier molecular flexibility index (Phi) is 5.43. The van der Waals surface area contributed by atoms with E-state index in [0.717, 1.165) is 23.3 Å². The van der Waals surface area contributed by atoms with Crippen LogP contribution < -0.4 is 4.74 Å². The second-order valence-electron chi connectivity index (χ2n) is 4.53. The van der Waals surface area contributed by atoms with Crippen LogP contribution in [0.1, 0.15) is 5.56 Å². The van der Waals surface area contributed by atoms with E-state index in [1.807, 2.05) is 30.3 Å². The third kappa shape index (κ3) is 5.05. The van der Waals surface area contributed by atoms with Crippen molar-refractivity contribution in [2.24, 2.45) is 0 Å². The Morgan fingerprint density at radius 3 is 2.58 bits per heavy atom. The van der Waals surface area contributed by atoms with E-state index in [0.29, 0.717) is 6.61 Å². The van der Waals surface area contributed by atoms with Gasteiger partial charge in [0.15, 0.2) is 0 Å². The summed E-state index contributed by atoms with van der Waals surface area (Å²) < 4.78 is 6.77. The zero-order valence-corrected chi connectivity index (χ0v) is 12.6. The van der Waals surface area contributed by atoms with E-state index in [9.17, 15) is 0 Å². The predicted octanol–water partition coefficient (Wildman–Crippen LogP) is 3.96. The van der Waals surface area contributed by atoms with Gasteiger partial charge in [-0.1, -0.05) is 52.3 Å². The van der Waals surface area contributed by atoms with Gasteiger partial charge in [0, 0.05) is 17.6 Å². The SMILES string of the molecule is CN(CCOc1cccc(Br)c1)Cc1ccccc1. The van der Waals surface area contributed by atoms with E-state index in [1.165, 1.54) is 5.56 Å². The fraction of sp³-hybridized carbons (Fsp3) is 0.250. The van der Waals surface area contributed by atoms with Gasteiger partial charge in [-0.2, -0.15) is 0 Å². The van der Waals surface area contributed by atoms with Crippen LogP contribution in [-0.2, 0) is 6.54 Å². The molecule has 0 fully saturated rings. The molecule has 2 aromatic carbocycles. The van der Waals surface area contributed by atoms with E-state index in [2.05, 4.69) is 52.1 Å². The van der Waals surface area contributed by atoms with Crippen molar-refractivity contribution in [1.29, 1.82) is 0 Å². The van der Waals surface area contributed by atoms with Crippen molar-refractivity contribution in [3.05, 3.63) is 64.6 Å². The van der Waals surface area contributed by atoms with Crippen LogP contribution in [0, 0.1) is 0 Å². The van der Waals surface area contributed by atoms with Gasteiger partial charge in [-0.25, -0.2) is 0 Å².